The summed E-state index contributed by atoms with van der Waals surface area (Å²) in [6.45, 7) is 0.203. The molecule has 0 aromatic heterocycles. The molecule has 0 unspecified atom stereocenters. The first kappa shape index (κ1) is 19.7. The Hall–Kier alpha value is -2.08. The summed E-state index contributed by atoms with van der Waals surface area (Å²) in [7, 11) is 0. The molecule has 1 aliphatic rings. The highest BCUT2D eigenvalue weighted by Crippen LogP contribution is 2.33. The summed E-state index contributed by atoms with van der Waals surface area (Å²) < 4.78 is 24.0. The van der Waals surface area contributed by atoms with Crippen LogP contribution in [0.4, 0.5) is 4.39 Å². The minimum atomic E-state index is -0.726. The number of hydrogen-bond donors (Lipinski definition) is 1. The van der Waals surface area contributed by atoms with E-state index in [9.17, 15) is 14.3 Å². The fraction of sp³-hybridized carbons (Fsp3) is 0.250. The Morgan fingerprint density at radius 1 is 1.26 bits per heavy atom. The van der Waals surface area contributed by atoms with E-state index in [1.54, 1.807) is 36.4 Å². The maximum atomic E-state index is 13.0. The van der Waals surface area contributed by atoms with Crippen LogP contribution in [0, 0.1) is 5.82 Å². The summed E-state index contributed by atoms with van der Waals surface area (Å²) in [6.07, 6.45) is 2.38. The summed E-state index contributed by atoms with van der Waals surface area (Å²) in [4.78, 5) is 11.4. The van der Waals surface area contributed by atoms with E-state index in [0.717, 1.165) is 5.56 Å². The number of rotatable bonds is 5. The summed E-state index contributed by atoms with van der Waals surface area (Å²) in [5.41, 5.74) is 1.35. The SMILES string of the molecule is O=C1C[C@H](O)C[C@@H](/C=C/c2c(Cl)cc(Cl)cc2OCc2ccc(F)cc2)O1. The lowest BCUT2D eigenvalue weighted by Crippen LogP contribution is -2.31. The van der Waals surface area contributed by atoms with E-state index in [1.165, 1.54) is 12.1 Å². The zero-order valence-corrected chi connectivity index (χ0v) is 15.7. The van der Waals surface area contributed by atoms with Crippen molar-refractivity contribution in [2.24, 2.45) is 0 Å². The molecule has 1 fully saturated rings. The molecule has 1 N–H and O–H groups in total. The quantitative estimate of drug-likeness (QED) is 0.719. The molecule has 3 rings (SSSR count). The second-order valence-electron chi connectivity index (χ2n) is 6.20. The lowest BCUT2D eigenvalue weighted by Gasteiger charge is -2.23. The fourth-order valence-corrected chi connectivity index (χ4v) is 3.25. The predicted molar refractivity (Wildman–Crippen MR) is 101 cm³/mol. The largest absolute Gasteiger partial charge is 0.488 e. The van der Waals surface area contributed by atoms with E-state index in [2.05, 4.69) is 0 Å². The van der Waals surface area contributed by atoms with Gasteiger partial charge in [0, 0.05) is 17.0 Å². The van der Waals surface area contributed by atoms with Gasteiger partial charge in [-0.15, -0.1) is 0 Å². The van der Waals surface area contributed by atoms with Gasteiger partial charge in [-0.3, -0.25) is 4.79 Å². The van der Waals surface area contributed by atoms with Crippen molar-refractivity contribution in [1.29, 1.82) is 0 Å². The van der Waals surface area contributed by atoms with Gasteiger partial charge >= 0.3 is 5.97 Å². The highest BCUT2D eigenvalue weighted by atomic mass is 35.5. The lowest BCUT2D eigenvalue weighted by atomic mass is 10.0. The van der Waals surface area contributed by atoms with Gasteiger partial charge in [0.25, 0.3) is 0 Å². The van der Waals surface area contributed by atoms with Crippen LogP contribution in [-0.4, -0.2) is 23.3 Å². The van der Waals surface area contributed by atoms with E-state index < -0.39 is 18.2 Å². The minimum absolute atomic E-state index is 0.00191. The standard InChI is InChI=1S/C20H17Cl2FO4/c21-13-7-18(22)17(6-5-16-9-15(24)10-20(25)27-16)19(8-13)26-11-12-1-3-14(23)4-2-12/h1-8,15-16,24H,9-11H2/b6-5+/t15-,16-/m1/s1. The summed E-state index contributed by atoms with van der Waals surface area (Å²) in [6, 6.07) is 9.16. The molecular formula is C20H17Cl2FO4. The average molecular weight is 411 g/mol. The molecule has 7 heteroatoms. The van der Waals surface area contributed by atoms with E-state index in [4.69, 9.17) is 32.7 Å². The fourth-order valence-electron chi connectivity index (χ4n) is 2.71. The van der Waals surface area contributed by atoms with Gasteiger partial charge in [-0.25, -0.2) is 4.39 Å². The van der Waals surface area contributed by atoms with Crippen LogP contribution in [0.3, 0.4) is 0 Å². The summed E-state index contributed by atoms with van der Waals surface area (Å²) >= 11 is 12.4. The predicted octanol–water partition coefficient (Wildman–Crippen LogP) is 4.79. The van der Waals surface area contributed by atoms with Crippen LogP contribution in [0.2, 0.25) is 10.0 Å². The summed E-state index contributed by atoms with van der Waals surface area (Å²) in [5.74, 6) is -0.327. The van der Waals surface area contributed by atoms with Crippen LogP contribution in [0.15, 0.2) is 42.5 Å². The highest BCUT2D eigenvalue weighted by molar-refractivity contribution is 6.35. The number of aliphatic hydroxyl groups excluding tert-OH is 1. The monoisotopic (exact) mass is 410 g/mol. The van der Waals surface area contributed by atoms with Gasteiger partial charge < -0.3 is 14.6 Å². The Morgan fingerprint density at radius 3 is 2.70 bits per heavy atom. The van der Waals surface area contributed by atoms with Crippen molar-refractivity contribution >= 4 is 35.2 Å². The number of halogens is 3. The number of benzene rings is 2. The van der Waals surface area contributed by atoms with Gasteiger partial charge in [0.15, 0.2) is 0 Å². The molecule has 0 amide bonds. The molecule has 0 radical (unpaired) electrons. The molecule has 0 spiro atoms. The van der Waals surface area contributed by atoms with Crippen molar-refractivity contribution in [2.75, 3.05) is 0 Å². The van der Waals surface area contributed by atoms with Crippen LogP contribution >= 0.6 is 23.2 Å². The smallest absolute Gasteiger partial charge is 0.309 e. The molecule has 2 atom stereocenters. The molecule has 2 aromatic rings. The molecule has 2 aromatic carbocycles. The minimum Gasteiger partial charge on any atom is -0.488 e. The average Bonchev–Trinajstić information content (AvgIpc) is 2.59. The maximum absolute atomic E-state index is 13.0. The maximum Gasteiger partial charge on any atom is 0.309 e. The Labute approximate surface area is 166 Å². The van der Waals surface area contributed by atoms with Gasteiger partial charge in [0.1, 0.15) is 24.3 Å². The Bertz CT molecular complexity index is 852. The van der Waals surface area contributed by atoms with E-state index >= 15 is 0 Å². The van der Waals surface area contributed by atoms with Crippen molar-refractivity contribution < 1.29 is 23.8 Å². The van der Waals surface area contributed by atoms with Crippen molar-refractivity contribution in [3.05, 3.63) is 69.5 Å². The van der Waals surface area contributed by atoms with Gasteiger partial charge in [-0.2, -0.15) is 0 Å². The third kappa shape index (κ3) is 5.45. The third-order valence-electron chi connectivity index (χ3n) is 4.03. The molecule has 142 valence electrons. The van der Waals surface area contributed by atoms with Crippen molar-refractivity contribution in [3.63, 3.8) is 0 Å². The van der Waals surface area contributed by atoms with Gasteiger partial charge in [-0.05, 0) is 35.9 Å². The number of hydrogen-bond acceptors (Lipinski definition) is 4. The molecule has 1 saturated heterocycles. The third-order valence-corrected chi connectivity index (χ3v) is 4.56. The molecule has 0 bridgehead atoms. The molecule has 1 aliphatic heterocycles. The number of carbonyl (C=O) groups excluding carboxylic acids is 1. The van der Waals surface area contributed by atoms with Gasteiger partial charge in [0.2, 0.25) is 0 Å². The number of esters is 1. The van der Waals surface area contributed by atoms with E-state index in [1.807, 2.05) is 0 Å². The van der Waals surface area contributed by atoms with Crippen LogP contribution in [0.1, 0.15) is 24.0 Å². The Balaban J connectivity index is 1.78. The van der Waals surface area contributed by atoms with Crippen LogP contribution < -0.4 is 4.74 Å². The second-order valence-corrected chi connectivity index (χ2v) is 7.04. The Kier molecular flexibility index (Phi) is 6.37. The van der Waals surface area contributed by atoms with Crippen molar-refractivity contribution in [3.8, 4) is 5.75 Å². The number of aliphatic hydroxyl groups is 1. The molecule has 0 saturated carbocycles. The van der Waals surface area contributed by atoms with Crippen LogP contribution in [0.25, 0.3) is 6.08 Å². The number of ether oxygens (including phenoxy) is 2. The molecule has 1 heterocycles. The first-order valence-electron chi connectivity index (χ1n) is 8.33. The van der Waals surface area contributed by atoms with Crippen LogP contribution in [0.5, 0.6) is 5.75 Å². The summed E-state index contributed by atoms with van der Waals surface area (Å²) in [5, 5.41) is 10.5. The normalized spacial score (nSPS) is 19.9. The first-order valence-corrected chi connectivity index (χ1v) is 9.08. The Morgan fingerprint density at radius 2 is 2.00 bits per heavy atom. The number of carbonyl (C=O) groups is 1. The lowest BCUT2D eigenvalue weighted by molar-refractivity contribution is -0.156. The topological polar surface area (TPSA) is 55.8 Å². The molecule has 27 heavy (non-hydrogen) atoms. The highest BCUT2D eigenvalue weighted by Gasteiger charge is 2.25. The van der Waals surface area contributed by atoms with Crippen molar-refractivity contribution in [1.82, 2.24) is 0 Å². The zero-order valence-electron chi connectivity index (χ0n) is 14.2. The second kappa shape index (κ2) is 8.74. The zero-order chi connectivity index (χ0) is 19.4. The van der Waals surface area contributed by atoms with Crippen LogP contribution in [-0.2, 0) is 16.1 Å². The number of cyclic esters (lactones) is 1. The van der Waals surface area contributed by atoms with E-state index in [0.29, 0.717) is 27.8 Å². The van der Waals surface area contributed by atoms with Crippen molar-refractivity contribution in [2.45, 2.75) is 31.7 Å². The molecule has 4 nitrogen and oxygen atoms in total. The first-order chi connectivity index (χ1) is 12.9. The molecular weight excluding hydrogens is 394 g/mol. The van der Waals surface area contributed by atoms with Gasteiger partial charge in [-0.1, -0.05) is 41.4 Å². The van der Waals surface area contributed by atoms with Gasteiger partial charge in [0.05, 0.1) is 17.5 Å². The van der Waals surface area contributed by atoms with E-state index in [-0.39, 0.29) is 18.8 Å². The molecule has 0 aliphatic carbocycles.